The molecule has 1 aromatic rings. The maximum atomic E-state index is 12.9. The van der Waals surface area contributed by atoms with Crippen LogP contribution < -0.4 is 5.32 Å². The first-order valence-electron chi connectivity index (χ1n) is 7.81. The van der Waals surface area contributed by atoms with Crippen molar-refractivity contribution in [3.05, 3.63) is 29.8 Å². The Morgan fingerprint density at radius 1 is 1.25 bits per heavy atom. The fourth-order valence-corrected chi connectivity index (χ4v) is 2.62. The topological polar surface area (TPSA) is 32.3 Å². The molecule has 0 atom stereocenters. The Morgan fingerprint density at radius 3 is 2.55 bits per heavy atom. The van der Waals surface area contributed by atoms with E-state index in [2.05, 4.69) is 24.1 Å². The number of rotatable bonds is 6. The highest BCUT2D eigenvalue weighted by molar-refractivity contribution is 6.00. The van der Waals surface area contributed by atoms with Gasteiger partial charge in [-0.05, 0) is 57.6 Å². The predicted molar refractivity (Wildman–Crippen MR) is 82.0 cm³/mol. The van der Waals surface area contributed by atoms with Crippen LogP contribution in [0.4, 0.5) is 5.69 Å². The van der Waals surface area contributed by atoms with Crippen LogP contribution in [0.3, 0.4) is 0 Å². The summed E-state index contributed by atoms with van der Waals surface area (Å²) < 4.78 is 0. The normalized spacial score (nSPS) is 18.1. The number of carbonyl (C=O) groups excluding carboxylic acids is 1. The second kappa shape index (κ2) is 5.47. The molecule has 2 aliphatic rings. The van der Waals surface area contributed by atoms with E-state index in [0.717, 1.165) is 23.7 Å². The molecule has 1 amide bonds. The van der Waals surface area contributed by atoms with Crippen LogP contribution in [0.1, 0.15) is 49.9 Å². The summed E-state index contributed by atoms with van der Waals surface area (Å²) in [4.78, 5) is 15.0. The van der Waals surface area contributed by atoms with Gasteiger partial charge in [-0.15, -0.1) is 0 Å². The predicted octanol–water partition coefficient (Wildman–Crippen LogP) is 3.52. The SMILES string of the molecule is CC(C)Nc1ccccc1C(=O)N(CC1CC1)C1CC1. The maximum Gasteiger partial charge on any atom is 0.256 e. The standard InChI is InChI=1S/C17H24N2O/c1-12(2)18-16-6-4-3-5-15(16)17(20)19(14-9-10-14)11-13-7-8-13/h3-6,12-14,18H,7-11H2,1-2H3. The third kappa shape index (κ3) is 3.14. The molecule has 1 N–H and O–H groups in total. The van der Waals surface area contributed by atoms with E-state index in [1.807, 2.05) is 24.3 Å². The first-order chi connectivity index (χ1) is 9.65. The van der Waals surface area contributed by atoms with Crippen molar-refractivity contribution in [2.24, 2.45) is 5.92 Å². The molecule has 0 saturated heterocycles. The molecule has 3 nitrogen and oxygen atoms in total. The first-order valence-corrected chi connectivity index (χ1v) is 7.81. The van der Waals surface area contributed by atoms with Crippen LogP contribution in [0.15, 0.2) is 24.3 Å². The third-order valence-corrected chi connectivity index (χ3v) is 4.00. The highest BCUT2D eigenvalue weighted by Crippen LogP contribution is 2.36. The zero-order valence-electron chi connectivity index (χ0n) is 12.4. The van der Waals surface area contributed by atoms with Gasteiger partial charge in [-0.25, -0.2) is 0 Å². The number of nitrogens with one attached hydrogen (secondary N) is 1. The highest BCUT2D eigenvalue weighted by atomic mass is 16.2. The summed E-state index contributed by atoms with van der Waals surface area (Å²) in [5, 5.41) is 3.39. The van der Waals surface area contributed by atoms with Gasteiger partial charge in [0.25, 0.3) is 5.91 Å². The molecule has 0 bridgehead atoms. The quantitative estimate of drug-likeness (QED) is 0.859. The number of para-hydroxylation sites is 1. The third-order valence-electron chi connectivity index (χ3n) is 4.00. The minimum atomic E-state index is 0.211. The second-order valence-corrected chi connectivity index (χ2v) is 6.48. The van der Waals surface area contributed by atoms with Crippen molar-refractivity contribution in [1.29, 1.82) is 0 Å². The zero-order valence-corrected chi connectivity index (χ0v) is 12.4. The van der Waals surface area contributed by atoms with Crippen molar-refractivity contribution in [1.82, 2.24) is 4.90 Å². The number of hydrogen-bond acceptors (Lipinski definition) is 2. The smallest absolute Gasteiger partial charge is 0.256 e. The summed E-state index contributed by atoms with van der Waals surface area (Å²) in [6, 6.07) is 8.74. The van der Waals surface area contributed by atoms with Gasteiger partial charge in [-0.2, -0.15) is 0 Å². The molecular formula is C17H24N2O. The van der Waals surface area contributed by atoms with E-state index in [1.54, 1.807) is 0 Å². The first kappa shape index (κ1) is 13.5. The number of anilines is 1. The van der Waals surface area contributed by atoms with E-state index in [4.69, 9.17) is 0 Å². The van der Waals surface area contributed by atoms with Crippen molar-refractivity contribution in [2.45, 2.75) is 51.6 Å². The van der Waals surface area contributed by atoms with Crippen LogP contribution in [-0.4, -0.2) is 29.4 Å². The van der Waals surface area contributed by atoms with Gasteiger partial charge in [0, 0.05) is 24.3 Å². The Hall–Kier alpha value is -1.51. The van der Waals surface area contributed by atoms with Crippen LogP contribution >= 0.6 is 0 Å². The number of carbonyl (C=O) groups is 1. The molecule has 2 fully saturated rings. The summed E-state index contributed by atoms with van der Waals surface area (Å²) in [6.07, 6.45) is 4.95. The van der Waals surface area contributed by atoms with E-state index in [0.29, 0.717) is 12.1 Å². The van der Waals surface area contributed by atoms with Gasteiger partial charge in [0.15, 0.2) is 0 Å². The molecular weight excluding hydrogens is 248 g/mol. The summed E-state index contributed by atoms with van der Waals surface area (Å²) in [6.45, 7) is 5.16. The largest absolute Gasteiger partial charge is 0.382 e. The Labute approximate surface area is 121 Å². The summed E-state index contributed by atoms with van der Waals surface area (Å²) in [7, 11) is 0. The maximum absolute atomic E-state index is 12.9. The van der Waals surface area contributed by atoms with Gasteiger partial charge in [0.2, 0.25) is 0 Å². The fourth-order valence-electron chi connectivity index (χ4n) is 2.62. The van der Waals surface area contributed by atoms with Gasteiger partial charge in [0.1, 0.15) is 0 Å². The highest BCUT2D eigenvalue weighted by Gasteiger charge is 2.37. The lowest BCUT2D eigenvalue weighted by Crippen LogP contribution is -2.35. The number of hydrogen-bond donors (Lipinski definition) is 1. The summed E-state index contributed by atoms with van der Waals surface area (Å²) in [5.41, 5.74) is 1.79. The zero-order chi connectivity index (χ0) is 14.1. The average Bonchev–Trinajstić information content (AvgIpc) is 3.27. The lowest BCUT2D eigenvalue weighted by Gasteiger charge is -2.24. The molecule has 3 rings (SSSR count). The number of amides is 1. The van der Waals surface area contributed by atoms with Gasteiger partial charge in [-0.3, -0.25) is 4.79 Å². The van der Waals surface area contributed by atoms with Gasteiger partial charge in [0.05, 0.1) is 5.56 Å². The van der Waals surface area contributed by atoms with E-state index in [-0.39, 0.29) is 5.91 Å². The van der Waals surface area contributed by atoms with E-state index < -0.39 is 0 Å². The Balaban J connectivity index is 1.80. The molecule has 0 heterocycles. The van der Waals surface area contributed by atoms with Crippen molar-refractivity contribution < 1.29 is 4.79 Å². The summed E-state index contributed by atoms with van der Waals surface area (Å²) in [5.74, 6) is 0.966. The van der Waals surface area contributed by atoms with Gasteiger partial charge in [-0.1, -0.05) is 12.1 Å². The van der Waals surface area contributed by atoms with Crippen molar-refractivity contribution in [3.8, 4) is 0 Å². The Morgan fingerprint density at radius 2 is 1.95 bits per heavy atom. The van der Waals surface area contributed by atoms with Crippen LogP contribution in [0, 0.1) is 5.92 Å². The Bertz CT molecular complexity index is 490. The molecule has 1 aromatic carbocycles. The molecule has 0 aliphatic heterocycles. The molecule has 2 saturated carbocycles. The monoisotopic (exact) mass is 272 g/mol. The molecule has 20 heavy (non-hydrogen) atoms. The van der Waals surface area contributed by atoms with E-state index in [9.17, 15) is 4.79 Å². The van der Waals surface area contributed by atoms with Crippen molar-refractivity contribution >= 4 is 11.6 Å². The van der Waals surface area contributed by atoms with Gasteiger partial charge < -0.3 is 10.2 Å². The lowest BCUT2D eigenvalue weighted by molar-refractivity contribution is 0.0735. The van der Waals surface area contributed by atoms with E-state index in [1.165, 1.54) is 25.7 Å². The van der Waals surface area contributed by atoms with Crippen molar-refractivity contribution in [3.63, 3.8) is 0 Å². The number of benzene rings is 1. The summed E-state index contributed by atoms with van der Waals surface area (Å²) >= 11 is 0. The van der Waals surface area contributed by atoms with Crippen LogP contribution in [0.5, 0.6) is 0 Å². The van der Waals surface area contributed by atoms with Crippen molar-refractivity contribution in [2.75, 3.05) is 11.9 Å². The molecule has 108 valence electrons. The lowest BCUT2D eigenvalue weighted by atomic mass is 10.1. The minimum Gasteiger partial charge on any atom is -0.382 e. The molecule has 2 aliphatic carbocycles. The Kier molecular flexibility index (Phi) is 3.68. The van der Waals surface area contributed by atoms with Crippen LogP contribution in [0.2, 0.25) is 0 Å². The second-order valence-electron chi connectivity index (χ2n) is 6.48. The molecule has 0 aromatic heterocycles. The molecule has 0 spiro atoms. The molecule has 0 unspecified atom stereocenters. The molecule has 0 radical (unpaired) electrons. The van der Waals surface area contributed by atoms with E-state index >= 15 is 0 Å². The average molecular weight is 272 g/mol. The molecule has 3 heteroatoms. The van der Waals surface area contributed by atoms with Gasteiger partial charge >= 0.3 is 0 Å². The minimum absolute atomic E-state index is 0.211. The van der Waals surface area contributed by atoms with Crippen LogP contribution in [0.25, 0.3) is 0 Å². The van der Waals surface area contributed by atoms with Crippen LogP contribution in [-0.2, 0) is 0 Å². The number of nitrogens with zero attached hydrogens (tertiary/aromatic N) is 1. The fraction of sp³-hybridized carbons (Fsp3) is 0.588.